The van der Waals surface area contributed by atoms with Crippen molar-refractivity contribution in [2.24, 2.45) is 0 Å². The molecule has 0 spiro atoms. The van der Waals surface area contributed by atoms with Gasteiger partial charge in [-0.1, -0.05) is 0 Å². The fourth-order valence-corrected chi connectivity index (χ4v) is 4.81. The number of fused-ring (bicyclic) bond motifs is 1. The van der Waals surface area contributed by atoms with E-state index in [4.69, 9.17) is 13.9 Å². The molecule has 0 radical (unpaired) electrons. The first kappa shape index (κ1) is 21.7. The Labute approximate surface area is 192 Å². The molecule has 2 atom stereocenters. The Kier molecular flexibility index (Phi) is 5.72. The van der Waals surface area contributed by atoms with Crippen molar-refractivity contribution in [1.82, 2.24) is 9.80 Å². The van der Waals surface area contributed by atoms with Crippen molar-refractivity contribution in [2.75, 3.05) is 39.4 Å². The predicted molar refractivity (Wildman–Crippen MR) is 120 cm³/mol. The number of carbonyl (C=O) groups is 2. The van der Waals surface area contributed by atoms with Crippen LogP contribution in [-0.2, 0) is 20.7 Å². The second-order valence-corrected chi connectivity index (χ2v) is 8.85. The minimum absolute atomic E-state index is 0.0586. The summed E-state index contributed by atoms with van der Waals surface area (Å²) in [6.07, 6.45) is 0.791. The fourth-order valence-electron chi connectivity index (χ4n) is 4.81. The summed E-state index contributed by atoms with van der Waals surface area (Å²) in [5.74, 6) is 0.410. The van der Waals surface area contributed by atoms with E-state index in [0.29, 0.717) is 43.4 Å². The summed E-state index contributed by atoms with van der Waals surface area (Å²) in [4.78, 5) is 29.9. The Morgan fingerprint density at radius 1 is 1.12 bits per heavy atom. The zero-order valence-electron chi connectivity index (χ0n) is 18.9. The molecule has 3 aliphatic rings. The summed E-state index contributed by atoms with van der Waals surface area (Å²) < 4.78 is 17.0. The number of carbonyl (C=O) groups excluding carboxylic acids is 2. The van der Waals surface area contributed by atoms with Crippen LogP contribution in [0.1, 0.15) is 35.6 Å². The molecule has 4 heterocycles. The minimum atomic E-state index is -0.775. The van der Waals surface area contributed by atoms with E-state index in [1.54, 1.807) is 24.3 Å². The smallest absolute Gasteiger partial charge is 0.295 e. The average Bonchev–Trinajstić information content (AvgIpc) is 3.47. The third-order valence-electron chi connectivity index (χ3n) is 6.50. The van der Waals surface area contributed by atoms with Gasteiger partial charge < -0.3 is 23.9 Å². The van der Waals surface area contributed by atoms with Crippen molar-refractivity contribution in [3.05, 3.63) is 58.6 Å². The summed E-state index contributed by atoms with van der Waals surface area (Å²) >= 11 is 0. The van der Waals surface area contributed by atoms with Gasteiger partial charge >= 0.3 is 0 Å². The molecule has 33 heavy (non-hydrogen) atoms. The summed E-state index contributed by atoms with van der Waals surface area (Å²) in [6.45, 7) is 7.63. The molecule has 2 saturated heterocycles. The number of aliphatic hydroxyl groups excluding tert-OH is 1. The van der Waals surface area contributed by atoms with Gasteiger partial charge in [0, 0.05) is 38.2 Å². The van der Waals surface area contributed by atoms with Gasteiger partial charge in [0.25, 0.3) is 11.7 Å². The molecule has 1 aromatic carbocycles. The lowest BCUT2D eigenvalue weighted by molar-refractivity contribution is -0.140. The number of benzene rings is 1. The average molecular weight is 453 g/mol. The first-order valence-corrected chi connectivity index (χ1v) is 11.4. The van der Waals surface area contributed by atoms with Crippen molar-refractivity contribution < 1.29 is 28.6 Å². The number of amides is 1. The summed E-state index contributed by atoms with van der Waals surface area (Å²) in [7, 11) is 0. The largest absolute Gasteiger partial charge is 0.507 e. The van der Waals surface area contributed by atoms with Crippen LogP contribution in [0.2, 0.25) is 0 Å². The number of ketones is 1. The van der Waals surface area contributed by atoms with E-state index >= 15 is 0 Å². The number of likely N-dealkylation sites (tertiary alicyclic amines) is 1. The van der Waals surface area contributed by atoms with Gasteiger partial charge in [0.1, 0.15) is 35.2 Å². The Morgan fingerprint density at radius 2 is 1.91 bits per heavy atom. The zero-order valence-corrected chi connectivity index (χ0v) is 18.9. The molecular weight excluding hydrogens is 424 g/mol. The van der Waals surface area contributed by atoms with Crippen LogP contribution < -0.4 is 4.74 Å². The minimum Gasteiger partial charge on any atom is -0.507 e. The van der Waals surface area contributed by atoms with E-state index in [1.807, 2.05) is 19.9 Å². The highest BCUT2D eigenvalue weighted by Gasteiger charge is 2.47. The lowest BCUT2D eigenvalue weighted by atomic mass is 9.97. The van der Waals surface area contributed by atoms with Crippen LogP contribution in [0.3, 0.4) is 0 Å². The van der Waals surface area contributed by atoms with Crippen LogP contribution in [0.25, 0.3) is 5.76 Å². The number of hydrogen-bond donors (Lipinski definition) is 1. The third-order valence-corrected chi connectivity index (χ3v) is 6.50. The van der Waals surface area contributed by atoms with Crippen LogP contribution in [0.5, 0.6) is 5.75 Å². The summed E-state index contributed by atoms with van der Waals surface area (Å²) in [5, 5.41) is 11.2. The predicted octanol–water partition coefficient (Wildman–Crippen LogP) is 2.67. The fraction of sp³-hybridized carbons (Fsp3) is 0.440. The van der Waals surface area contributed by atoms with Gasteiger partial charge in [0.15, 0.2) is 0 Å². The number of aliphatic hydroxyl groups is 1. The maximum absolute atomic E-state index is 13.1. The van der Waals surface area contributed by atoms with E-state index < -0.39 is 17.7 Å². The maximum Gasteiger partial charge on any atom is 0.295 e. The number of Topliss-reactive ketones (excluding diaryl/α,β-unsaturated/α-hetero) is 1. The monoisotopic (exact) mass is 452 g/mol. The quantitative estimate of drug-likeness (QED) is 0.424. The number of furan rings is 1. The molecule has 0 unspecified atom stereocenters. The number of ether oxygens (including phenoxy) is 2. The molecule has 8 nitrogen and oxygen atoms in total. The Morgan fingerprint density at radius 3 is 2.64 bits per heavy atom. The molecular formula is C25H28N2O6. The van der Waals surface area contributed by atoms with Gasteiger partial charge in [-0.05, 0) is 49.7 Å². The maximum atomic E-state index is 13.1. The Bertz CT molecular complexity index is 1110. The van der Waals surface area contributed by atoms with Gasteiger partial charge in [-0.3, -0.25) is 14.5 Å². The van der Waals surface area contributed by atoms with Gasteiger partial charge in [0.05, 0.1) is 18.8 Å². The van der Waals surface area contributed by atoms with Gasteiger partial charge in [-0.15, -0.1) is 0 Å². The molecule has 8 heteroatoms. The number of nitrogens with zero attached hydrogens (tertiary/aromatic N) is 2. The van der Waals surface area contributed by atoms with Crippen molar-refractivity contribution in [3.63, 3.8) is 0 Å². The number of aryl methyl sites for hydroxylation is 1. The standard InChI is InChI=1S/C25H28N2O6/c1-15-3-5-20(32-15)22-21(23(28)17-4-6-19-18(14-17)13-16(2)33-19)24(29)25(30)27(22)8-7-26-9-11-31-12-10-26/h3-6,14,16,22,28H,7-13H2,1-2H3/b23-21+/t16-,22-/m0/s1. The summed E-state index contributed by atoms with van der Waals surface area (Å²) in [5.41, 5.74) is 1.52. The molecule has 0 bridgehead atoms. The van der Waals surface area contributed by atoms with Crippen molar-refractivity contribution in [3.8, 4) is 5.75 Å². The lowest BCUT2D eigenvalue weighted by Crippen LogP contribution is -2.42. The highest BCUT2D eigenvalue weighted by Crippen LogP contribution is 2.41. The molecule has 3 aliphatic heterocycles. The van der Waals surface area contributed by atoms with Gasteiger partial charge in [0.2, 0.25) is 0 Å². The first-order chi connectivity index (χ1) is 15.9. The molecule has 2 fully saturated rings. The third kappa shape index (κ3) is 4.05. The van der Waals surface area contributed by atoms with E-state index in [0.717, 1.165) is 30.8 Å². The second-order valence-electron chi connectivity index (χ2n) is 8.85. The number of hydrogen-bond acceptors (Lipinski definition) is 7. The second kappa shape index (κ2) is 8.68. The van der Waals surface area contributed by atoms with Crippen molar-refractivity contribution >= 4 is 17.4 Å². The van der Waals surface area contributed by atoms with E-state index in [-0.39, 0.29) is 17.4 Å². The van der Waals surface area contributed by atoms with Crippen LogP contribution in [-0.4, -0.2) is 72.1 Å². The molecule has 5 rings (SSSR count). The van der Waals surface area contributed by atoms with Crippen LogP contribution >= 0.6 is 0 Å². The molecule has 2 aromatic rings. The van der Waals surface area contributed by atoms with E-state index in [9.17, 15) is 14.7 Å². The SMILES string of the molecule is Cc1ccc([C@H]2/C(=C(\O)c3ccc4c(c3)C[C@H](C)O4)C(=O)C(=O)N2CCN2CCOCC2)o1. The molecule has 0 aliphatic carbocycles. The zero-order chi connectivity index (χ0) is 23.1. The van der Waals surface area contributed by atoms with Crippen molar-refractivity contribution in [1.29, 1.82) is 0 Å². The molecule has 174 valence electrons. The number of rotatable bonds is 5. The molecule has 1 N–H and O–H groups in total. The Hall–Kier alpha value is -3.10. The van der Waals surface area contributed by atoms with E-state index in [2.05, 4.69) is 4.90 Å². The number of morpholine rings is 1. The van der Waals surface area contributed by atoms with Gasteiger partial charge in [-0.2, -0.15) is 0 Å². The van der Waals surface area contributed by atoms with Crippen LogP contribution in [0.15, 0.2) is 40.3 Å². The summed E-state index contributed by atoms with van der Waals surface area (Å²) in [6, 6.07) is 8.14. The van der Waals surface area contributed by atoms with Crippen molar-refractivity contribution in [2.45, 2.75) is 32.4 Å². The molecule has 1 aromatic heterocycles. The highest BCUT2D eigenvalue weighted by molar-refractivity contribution is 6.46. The normalized spacial score (nSPS) is 24.8. The van der Waals surface area contributed by atoms with Crippen LogP contribution in [0.4, 0.5) is 0 Å². The van der Waals surface area contributed by atoms with E-state index in [1.165, 1.54) is 4.90 Å². The highest BCUT2D eigenvalue weighted by atomic mass is 16.5. The topological polar surface area (TPSA) is 92.5 Å². The molecule has 1 amide bonds. The Balaban J connectivity index is 1.51. The lowest BCUT2D eigenvalue weighted by Gasteiger charge is -2.30. The van der Waals surface area contributed by atoms with Gasteiger partial charge in [-0.25, -0.2) is 0 Å². The molecule has 0 saturated carbocycles. The first-order valence-electron chi connectivity index (χ1n) is 11.4. The van der Waals surface area contributed by atoms with Crippen LogP contribution in [0, 0.1) is 6.92 Å².